The predicted molar refractivity (Wildman–Crippen MR) is 104 cm³/mol. The van der Waals surface area contributed by atoms with Gasteiger partial charge in [-0.3, -0.25) is 0 Å². The SMILES string of the molecule is COc1ccc(CNc2nc(-n3cncn3)nc3sc(C(F)(F)F)cc23)cc1OC. The van der Waals surface area contributed by atoms with Crippen molar-refractivity contribution in [3.8, 4) is 17.4 Å². The molecule has 0 aliphatic heterocycles. The maximum absolute atomic E-state index is 13.2. The number of benzene rings is 1. The summed E-state index contributed by atoms with van der Waals surface area (Å²) in [4.78, 5) is 11.8. The molecule has 156 valence electrons. The lowest BCUT2D eigenvalue weighted by molar-refractivity contribution is -0.134. The highest BCUT2D eigenvalue weighted by Crippen LogP contribution is 2.39. The number of anilines is 1. The van der Waals surface area contributed by atoms with Crippen LogP contribution in [-0.2, 0) is 12.7 Å². The van der Waals surface area contributed by atoms with Crippen LogP contribution in [0.15, 0.2) is 36.9 Å². The first-order valence-electron chi connectivity index (χ1n) is 8.57. The Bertz CT molecular complexity index is 1180. The molecule has 0 saturated carbocycles. The highest BCUT2D eigenvalue weighted by atomic mass is 32.1. The molecule has 0 spiro atoms. The third-order valence-electron chi connectivity index (χ3n) is 4.19. The number of halogens is 3. The number of aromatic nitrogens is 5. The van der Waals surface area contributed by atoms with Crippen molar-refractivity contribution in [1.29, 1.82) is 0 Å². The van der Waals surface area contributed by atoms with Gasteiger partial charge in [-0.15, -0.1) is 11.3 Å². The summed E-state index contributed by atoms with van der Waals surface area (Å²) in [5, 5.41) is 7.32. The molecule has 0 radical (unpaired) electrons. The summed E-state index contributed by atoms with van der Waals surface area (Å²) in [6.07, 6.45) is -1.81. The Morgan fingerprint density at radius 1 is 1.10 bits per heavy atom. The van der Waals surface area contributed by atoms with E-state index in [4.69, 9.17) is 9.47 Å². The zero-order chi connectivity index (χ0) is 21.3. The first-order chi connectivity index (χ1) is 14.4. The van der Waals surface area contributed by atoms with Crippen LogP contribution in [0.4, 0.5) is 19.0 Å². The second-order valence-electron chi connectivity index (χ2n) is 6.08. The van der Waals surface area contributed by atoms with Gasteiger partial charge >= 0.3 is 6.18 Å². The summed E-state index contributed by atoms with van der Waals surface area (Å²) in [5.74, 6) is 1.49. The molecule has 0 aliphatic carbocycles. The minimum Gasteiger partial charge on any atom is -0.493 e. The molecule has 30 heavy (non-hydrogen) atoms. The van der Waals surface area contributed by atoms with E-state index in [0.29, 0.717) is 29.4 Å². The van der Waals surface area contributed by atoms with Gasteiger partial charge in [-0.1, -0.05) is 6.07 Å². The lowest BCUT2D eigenvalue weighted by Crippen LogP contribution is -2.07. The van der Waals surface area contributed by atoms with Crippen molar-refractivity contribution in [3.05, 3.63) is 47.4 Å². The molecular weight excluding hydrogens is 421 g/mol. The molecule has 0 saturated heterocycles. The number of methoxy groups -OCH3 is 2. The van der Waals surface area contributed by atoms with Crippen LogP contribution in [-0.4, -0.2) is 39.0 Å². The fourth-order valence-corrected chi connectivity index (χ4v) is 3.67. The molecule has 1 aromatic carbocycles. The van der Waals surface area contributed by atoms with Crippen LogP contribution in [0.2, 0.25) is 0 Å². The van der Waals surface area contributed by atoms with Crippen LogP contribution in [0.3, 0.4) is 0 Å². The minimum atomic E-state index is -4.47. The molecule has 8 nitrogen and oxygen atoms in total. The number of thiophene rings is 1. The van der Waals surface area contributed by atoms with Gasteiger partial charge in [-0.2, -0.15) is 32.9 Å². The molecule has 3 aromatic heterocycles. The molecule has 0 unspecified atom stereocenters. The van der Waals surface area contributed by atoms with Crippen molar-refractivity contribution in [3.63, 3.8) is 0 Å². The molecule has 0 bridgehead atoms. The van der Waals surface area contributed by atoms with E-state index in [1.54, 1.807) is 12.1 Å². The van der Waals surface area contributed by atoms with Gasteiger partial charge in [-0.25, -0.2) is 4.98 Å². The van der Waals surface area contributed by atoms with E-state index in [0.717, 1.165) is 11.6 Å². The van der Waals surface area contributed by atoms with Crippen LogP contribution in [0.1, 0.15) is 10.4 Å². The average Bonchev–Trinajstić information content (AvgIpc) is 3.41. The monoisotopic (exact) mass is 436 g/mol. The third kappa shape index (κ3) is 3.85. The van der Waals surface area contributed by atoms with E-state index < -0.39 is 11.1 Å². The maximum Gasteiger partial charge on any atom is 0.425 e. The van der Waals surface area contributed by atoms with Gasteiger partial charge in [0.2, 0.25) is 0 Å². The largest absolute Gasteiger partial charge is 0.493 e. The zero-order valence-corrected chi connectivity index (χ0v) is 16.6. The minimum absolute atomic E-state index is 0.116. The van der Waals surface area contributed by atoms with Crippen molar-refractivity contribution in [2.45, 2.75) is 12.7 Å². The lowest BCUT2D eigenvalue weighted by Gasteiger charge is -2.11. The normalized spacial score (nSPS) is 11.6. The van der Waals surface area contributed by atoms with E-state index >= 15 is 0 Å². The number of hydrogen-bond acceptors (Lipinski definition) is 8. The number of fused-ring (bicyclic) bond motifs is 1. The fourth-order valence-electron chi connectivity index (χ4n) is 2.77. The van der Waals surface area contributed by atoms with Gasteiger partial charge in [0.1, 0.15) is 28.2 Å². The molecule has 0 fully saturated rings. The molecule has 0 amide bonds. The number of rotatable bonds is 6. The highest BCUT2D eigenvalue weighted by Gasteiger charge is 2.33. The summed E-state index contributed by atoms with van der Waals surface area (Å²) < 4.78 is 51.5. The molecule has 4 aromatic rings. The van der Waals surface area contributed by atoms with E-state index in [1.165, 1.54) is 31.6 Å². The highest BCUT2D eigenvalue weighted by molar-refractivity contribution is 7.18. The number of hydrogen-bond donors (Lipinski definition) is 1. The number of alkyl halides is 3. The smallest absolute Gasteiger partial charge is 0.425 e. The zero-order valence-electron chi connectivity index (χ0n) is 15.8. The van der Waals surface area contributed by atoms with Crippen molar-refractivity contribution < 1.29 is 22.6 Å². The Morgan fingerprint density at radius 3 is 2.57 bits per heavy atom. The van der Waals surface area contributed by atoms with Gasteiger partial charge in [-0.05, 0) is 23.8 Å². The van der Waals surface area contributed by atoms with Crippen LogP contribution in [0.5, 0.6) is 11.5 Å². The van der Waals surface area contributed by atoms with E-state index in [-0.39, 0.29) is 22.0 Å². The Labute approximate surface area is 172 Å². The molecular formula is C18H15F3N6O2S. The van der Waals surface area contributed by atoms with Gasteiger partial charge in [0.05, 0.1) is 19.6 Å². The van der Waals surface area contributed by atoms with E-state index in [2.05, 4.69) is 25.4 Å². The first-order valence-corrected chi connectivity index (χ1v) is 9.39. The quantitative estimate of drug-likeness (QED) is 0.490. The number of nitrogens with zero attached hydrogens (tertiary/aromatic N) is 5. The summed E-state index contributed by atoms with van der Waals surface area (Å²) in [6.45, 7) is 0.292. The molecule has 1 N–H and O–H groups in total. The van der Waals surface area contributed by atoms with Crippen molar-refractivity contribution >= 4 is 27.4 Å². The van der Waals surface area contributed by atoms with Gasteiger partial charge in [0.15, 0.2) is 11.5 Å². The molecule has 12 heteroatoms. The first kappa shape index (κ1) is 19.9. The van der Waals surface area contributed by atoms with Crippen LogP contribution in [0.25, 0.3) is 16.2 Å². The van der Waals surface area contributed by atoms with Gasteiger partial charge in [0, 0.05) is 6.54 Å². The Kier molecular flexibility index (Phi) is 5.16. The molecule has 0 atom stereocenters. The van der Waals surface area contributed by atoms with Gasteiger partial charge in [0.25, 0.3) is 5.95 Å². The van der Waals surface area contributed by atoms with Crippen LogP contribution in [0, 0.1) is 0 Å². The van der Waals surface area contributed by atoms with Crippen LogP contribution < -0.4 is 14.8 Å². The summed E-state index contributed by atoms with van der Waals surface area (Å²) in [5.41, 5.74) is 0.827. The summed E-state index contributed by atoms with van der Waals surface area (Å²) in [7, 11) is 3.06. The van der Waals surface area contributed by atoms with Crippen molar-refractivity contribution in [2.24, 2.45) is 0 Å². The number of ether oxygens (including phenoxy) is 2. The van der Waals surface area contributed by atoms with Gasteiger partial charge < -0.3 is 14.8 Å². The second-order valence-corrected chi connectivity index (χ2v) is 7.11. The fraction of sp³-hybridized carbons (Fsp3) is 0.222. The van der Waals surface area contributed by atoms with E-state index in [1.807, 2.05) is 6.07 Å². The predicted octanol–water partition coefficient (Wildman–Crippen LogP) is 3.92. The summed E-state index contributed by atoms with van der Waals surface area (Å²) in [6, 6.07) is 6.39. The second kappa shape index (κ2) is 7.78. The average molecular weight is 436 g/mol. The summed E-state index contributed by atoms with van der Waals surface area (Å²) >= 11 is 0.548. The van der Waals surface area contributed by atoms with E-state index in [9.17, 15) is 13.2 Å². The third-order valence-corrected chi connectivity index (χ3v) is 5.27. The Balaban J connectivity index is 1.72. The van der Waals surface area contributed by atoms with Crippen molar-refractivity contribution in [1.82, 2.24) is 24.7 Å². The Hall–Kier alpha value is -3.41. The van der Waals surface area contributed by atoms with Crippen molar-refractivity contribution in [2.75, 3.05) is 19.5 Å². The topological polar surface area (TPSA) is 87.0 Å². The molecule has 4 rings (SSSR count). The molecule has 0 aliphatic rings. The Morgan fingerprint density at radius 2 is 1.90 bits per heavy atom. The van der Waals surface area contributed by atoms with Crippen LogP contribution >= 0.6 is 11.3 Å². The maximum atomic E-state index is 13.2. The molecule has 3 heterocycles. The lowest BCUT2D eigenvalue weighted by atomic mass is 10.2. The standard InChI is InChI=1S/C18H15F3N6O2S/c1-28-12-4-3-10(5-13(12)29-2)7-23-15-11-6-14(18(19,20)21)30-16(11)26-17(25-15)27-9-22-8-24-27/h3-6,8-9H,7H2,1-2H3,(H,23,25,26). The number of nitrogens with one attached hydrogen (secondary N) is 1.